The number of rotatable bonds is 5. The van der Waals surface area contributed by atoms with Crippen LogP contribution in [-0.4, -0.2) is 65.8 Å². The summed E-state index contributed by atoms with van der Waals surface area (Å²) in [5.41, 5.74) is 0. The van der Waals surface area contributed by atoms with Crippen LogP contribution >= 0.6 is 0 Å². The van der Waals surface area contributed by atoms with E-state index in [4.69, 9.17) is 10.2 Å². The van der Waals surface area contributed by atoms with Gasteiger partial charge in [0.2, 0.25) is 5.91 Å². The van der Waals surface area contributed by atoms with E-state index in [1.54, 1.807) is 7.05 Å². The molecule has 4 N–H and O–H groups in total. The molecule has 1 aliphatic rings. The van der Waals surface area contributed by atoms with E-state index in [1.165, 1.54) is 4.90 Å². The topological polar surface area (TPSA) is 119 Å². The van der Waals surface area contributed by atoms with Gasteiger partial charge in [-0.2, -0.15) is 0 Å². The van der Waals surface area contributed by atoms with E-state index in [1.807, 2.05) is 0 Å². The van der Waals surface area contributed by atoms with Crippen LogP contribution in [0.4, 0.5) is 4.79 Å². The molecular formula is C12H21N3O5. The van der Waals surface area contributed by atoms with Crippen molar-refractivity contribution in [3.8, 4) is 0 Å². The van der Waals surface area contributed by atoms with Gasteiger partial charge in [0, 0.05) is 39.1 Å². The van der Waals surface area contributed by atoms with Gasteiger partial charge in [-0.05, 0) is 12.8 Å². The number of likely N-dealkylation sites (tertiary alicyclic amines) is 1. The van der Waals surface area contributed by atoms with Crippen LogP contribution in [-0.2, 0) is 9.59 Å². The molecule has 114 valence electrons. The molecule has 0 bridgehead atoms. The van der Waals surface area contributed by atoms with Crippen LogP contribution in [0.25, 0.3) is 0 Å². The Morgan fingerprint density at radius 2 is 1.90 bits per heavy atom. The predicted molar refractivity (Wildman–Crippen MR) is 70.0 cm³/mol. The standard InChI is InChI=1S/C12H21N3O5/c1-13-10(17)8-2-5-15(6-3-8)12(20)14-9(4-7-16)11(18)19/h8-9,16H,2-7H2,1H3,(H,13,17)(H,14,20)(H,18,19). The molecule has 0 aromatic carbocycles. The van der Waals surface area contributed by atoms with Crippen LogP contribution in [0.3, 0.4) is 0 Å². The van der Waals surface area contributed by atoms with Gasteiger partial charge >= 0.3 is 12.0 Å². The van der Waals surface area contributed by atoms with Crippen molar-refractivity contribution in [3.05, 3.63) is 0 Å². The molecule has 1 saturated heterocycles. The second-order valence-corrected chi connectivity index (χ2v) is 4.73. The molecule has 0 aromatic heterocycles. The predicted octanol–water partition coefficient (Wildman–Crippen LogP) is -1.01. The lowest BCUT2D eigenvalue weighted by Gasteiger charge is -2.31. The number of nitrogens with zero attached hydrogens (tertiary/aromatic N) is 1. The SMILES string of the molecule is CNC(=O)C1CCN(C(=O)NC(CCO)C(=O)O)CC1. The number of carboxylic acid groups (broad SMARTS) is 1. The average Bonchev–Trinajstić information content (AvgIpc) is 2.45. The van der Waals surface area contributed by atoms with Gasteiger partial charge in [0.15, 0.2) is 0 Å². The lowest BCUT2D eigenvalue weighted by molar-refractivity contribution is -0.139. The van der Waals surface area contributed by atoms with Gasteiger partial charge in [-0.15, -0.1) is 0 Å². The van der Waals surface area contributed by atoms with E-state index >= 15 is 0 Å². The van der Waals surface area contributed by atoms with Crippen molar-refractivity contribution in [3.63, 3.8) is 0 Å². The van der Waals surface area contributed by atoms with Gasteiger partial charge < -0.3 is 25.7 Å². The first-order valence-corrected chi connectivity index (χ1v) is 6.60. The molecule has 0 aromatic rings. The third kappa shape index (κ3) is 4.37. The first-order valence-electron chi connectivity index (χ1n) is 6.60. The summed E-state index contributed by atoms with van der Waals surface area (Å²) in [6.07, 6.45) is 1.09. The monoisotopic (exact) mass is 287 g/mol. The van der Waals surface area contributed by atoms with E-state index in [0.717, 1.165) is 0 Å². The zero-order valence-electron chi connectivity index (χ0n) is 11.5. The fourth-order valence-electron chi connectivity index (χ4n) is 2.18. The fraction of sp³-hybridized carbons (Fsp3) is 0.750. The van der Waals surface area contributed by atoms with Gasteiger partial charge in [0.1, 0.15) is 6.04 Å². The minimum Gasteiger partial charge on any atom is -0.480 e. The Balaban J connectivity index is 2.46. The highest BCUT2D eigenvalue weighted by Gasteiger charge is 2.28. The Bertz CT molecular complexity index is 366. The molecule has 0 aliphatic carbocycles. The van der Waals surface area contributed by atoms with Crippen LogP contribution in [0, 0.1) is 5.92 Å². The van der Waals surface area contributed by atoms with Gasteiger partial charge in [0.05, 0.1) is 0 Å². The molecule has 1 heterocycles. The van der Waals surface area contributed by atoms with Crippen molar-refractivity contribution in [2.75, 3.05) is 26.7 Å². The average molecular weight is 287 g/mol. The second kappa shape index (κ2) is 7.68. The Kier molecular flexibility index (Phi) is 6.23. The molecule has 8 nitrogen and oxygen atoms in total. The molecule has 1 aliphatic heterocycles. The number of nitrogens with one attached hydrogen (secondary N) is 2. The molecule has 1 atom stereocenters. The van der Waals surface area contributed by atoms with Crippen LogP contribution in [0.1, 0.15) is 19.3 Å². The van der Waals surface area contributed by atoms with Crippen molar-refractivity contribution >= 4 is 17.9 Å². The minimum atomic E-state index is -1.17. The van der Waals surface area contributed by atoms with Gasteiger partial charge in [-0.25, -0.2) is 9.59 Å². The normalized spacial score (nSPS) is 17.4. The van der Waals surface area contributed by atoms with Gasteiger partial charge in [-0.1, -0.05) is 0 Å². The molecule has 20 heavy (non-hydrogen) atoms. The maximum atomic E-state index is 11.9. The third-order valence-corrected chi connectivity index (χ3v) is 3.41. The Hall–Kier alpha value is -1.83. The molecule has 0 saturated carbocycles. The maximum absolute atomic E-state index is 11.9. The van der Waals surface area contributed by atoms with Crippen molar-refractivity contribution < 1.29 is 24.6 Å². The molecule has 1 unspecified atom stereocenters. The highest BCUT2D eigenvalue weighted by atomic mass is 16.4. The van der Waals surface area contributed by atoms with Crippen LogP contribution in [0.15, 0.2) is 0 Å². The van der Waals surface area contributed by atoms with E-state index in [0.29, 0.717) is 25.9 Å². The summed E-state index contributed by atoms with van der Waals surface area (Å²) in [6, 6.07) is -1.56. The van der Waals surface area contributed by atoms with E-state index in [2.05, 4.69) is 10.6 Å². The smallest absolute Gasteiger partial charge is 0.326 e. The summed E-state index contributed by atoms with van der Waals surface area (Å²) in [6.45, 7) is 0.515. The Morgan fingerprint density at radius 1 is 1.30 bits per heavy atom. The van der Waals surface area contributed by atoms with Gasteiger partial charge in [-0.3, -0.25) is 4.79 Å². The number of carbonyl (C=O) groups is 3. The first-order chi connectivity index (χ1) is 9.49. The first kappa shape index (κ1) is 16.2. The van der Waals surface area contributed by atoms with Crippen molar-refractivity contribution in [2.24, 2.45) is 5.92 Å². The molecule has 0 radical (unpaired) electrons. The fourth-order valence-corrected chi connectivity index (χ4v) is 2.18. The zero-order chi connectivity index (χ0) is 15.1. The number of aliphatic carboxylic acids is 1. The largest absolute Gasteiger partial charge is 0.480 e. The summed E-state index contributed by atoms with van der Waals surface area (Å²) in [5.74, 6) is -1.31. The minimum absolute atomic E-state index is 0.0320. The number of hydrogen-bond donors (Lipinski definition) is 4. The summed E-state index contributed by atoms with van der Waals surface area (Å²) >= 11 is 0. The quantitative estimate of drug-likeness (QED) is 0.516. The van der Waals surface area contributed by atoms with Crippen molar-refractivity contribution in [2.45, 2.75) is 25.3 Å². The zero-order valence-corrected chi connectivity index (χ0v) is 11.5. The molecule has 1 rings (SSSR count). The molecule has 1 fully saturated rings. The number of carboxylic acids is 1. The van der Waals surface area contributed by atoms with Crippen molar-refractivity contribution in [1.29, 1.82) is 0 Å². The Morgan fingerprint density at radius 3 is 2.35 bits per heavy atom. The number of urea groups is 1. The number of piperidine rings is 1. The number of aliphatic hydroxyl groups is 1. The number of aliphatic hydroxyl groups excluding tert-OH is 1. The second-order valence-electron chi connectivity index (χ2n) is 4.73. The van der Waals surface area contributed by atoms with E-state index < -0.39 is 18.0 Å². The highest BCUT2D eigenvalue weighted by Crippen LogP contribution is 2.17. The lowest BCUT2D eigenvalue weighted by Crippen LogP contribution is -2.51. The highest BCUT2D eigenvalue weighted by molar-refractivity contribution is 5.83. The summed E-state index contributed by atoms with van der Waals surface area (Å²) in [7, 11) is 1.58. The van der Waals surface area contributed by atoms with Gasteiger partial charge in [0.25, 0.3) is 0 Å². The van der Waals surface area contributed by atoms with Crippen LogP contribution < -0.4 is 10.6 Å². The number of amides is 3. The number of carbonyl (C=O) groups excluding carboxylic acids is 2. The van der Waals surface area contributed by atoms with Crippen LogP contribution in [0.5, 0.6) is 0 Å². The summed E-state index contributed by atoms with van der Waals surface area (Å²) in [5, 5.41) is 22.6. The molecule has 3 amide bonds. The van der Waals surface area contributed by atoms with E-state index in [-0.39, 0.29) is 24.9 Å². The molecule has 8 heteroatoms. The molecule has 0 spiro atoms. The number of hydrogen-bond acceptors (Lipinski definition) is 4. The third-order valence-electron chi connectivity index (χ3n) is 3.41. The molecular weight excluding hydrogens is 266 g/mol. The van der Waals surface area contributed by atoms with Crippen LogP contribution in [0.2, 0.25) is 0 Å². The van der Waals surface area contributed by atoms with E-state index in [9.17, 15) is 14.4 Å². The van der Waals surface area contributed by atoms with Crippen molar-refractivity contribution in [1.82, 2.24) is 15.5 Å². The maximum Gasteiger partial charge on any atom is 0.326 e. The Labute approximate surface area is 117 Å². The summed E-state index contributed by atoms with van der Waals surface area (Å²) in [4.78, 5) is 35.7. The summed E-state index contributed by atoms with van der Waals surface area (Å²) < 4.78 is 0. The lowest BCUT2D eigenvalue weighted by atomic mass is 9.96.